The van der Waals surface area contributed by atoms with E-state index < -0.39 is 18.6 Å². The summed E-state index contributed by atoms with van der Waals surface area (Å²) >= 11 is 6.16. The van der Waals surface area contributed by atoms with E-state index in [0.717, 1.165) is 32.1 Å². The molecule has 1 atom stereocenters. The third-order valence-corrected chi connectivity index (χ3v) is 5.56. The number of carbonyl (C=O) groups excluding carboxylic acids is 1. The number of allylic oxidation sites excluding steroid dienone is 1. The third-order valence-electron chi connectivity index (χ3n) is 5.32. The topological polar surface area (TPSA) is 78.3 Å². The minimum atomic E-state index is -3.04. The summed E-state index contributed by atoms with van der Waals surface area (Å²) in [5.74, 6) is -0.255. The molecular formula is C20H21ClF2N4O3. The fourth-order valence-electron chi connectivity index (χ4n) is 3.98. The average Bonchev–Trinajstić information content (AvgIpc) is 3.16. The third kappa shape index (κ3) is 4.12. The molecule has 7 nitrogen and oxygen atoms in total. The Morgan fingerprint density at radius 2 is 2.07 bits per heavy atom. The van der Waals surface area contributed by atoms with Gasteiger partial charge in [0.25, 0.3) is 0 Å². The Labute approximate surface area is 177 Å². The molecule has 1 aromatic carbocycles. The van der Waals surface area contributed by atoms with Crippen molar-refractivity contribution in [3.05, 3.63) is 46.4 Å². The van der Waals surface area contributed by atoms with Crippen LogP contribution in [0.3, 0.4) is 0 Å². The number of rotatable bonds is 5. The molecule has 0 amide bonds. The molecule has 1 aliphatic carbocycles. The second kappa shape index (κ2) is 8.59. The van der Waals surface area contributed by atoms with E-state index in [2.05, 4.69) is 15.4 Å². The Morgan fingerprint density at radius 3 is 2.80 bits per heavy atom. The van der Waals surface area contributed by atoms with Gasteiger partial charge in [-0.2, -0.15) is 18.9 Å². The van der Waals surface area contributed by atoms with E-state index in [1.807, 2.05) is 0 Å². The lowest BCUT2D eigenvalue weighted by atomic mass is 9.94. The first-order valence-corrected chi connectivity index (χ1v) is 10.1. The zero-order valence-electron chi connectivity index (χ0n) is 16.3. The molecule has 1 saturated carbocycles. The van der Waals surface area contributed by atoms with Crippen LogP contribution in [-0.4, -0.2) is 33.4 Å². The summed E-state index contributed by atoms with van der Waals surface area (Å²) in [4.78, 5) is 17.3. The Balaban J connectivity index is 1.77. The lowest BCUT2D eigenvalue weighted by molar-refractivity contribution is -0.146. The summed E-state index contributed by atoms with van der Waals surface area (Å²) in [6.45, 7) is -1.33. The number of fused-ring (bicyclic) bond motifs is 1. The highest BCUT2D eigenvalue weighted by atomic mass is 35.5. The summed E-state index contributed by atoms with van der Waals surface area (Å²) < 4.78 is 38.0. The van der Waals surface area contributed by atoms with Crippen LogP contribution < -0.4 is 10.1 Å². The van der Waals surface area contributed by atoms with Gasteiger partial charge in [-0.15, -0.1) is 0 Å². The van der Waals surface area contributed by atoms with Crippen molar-refractivity contribution in [3.63, 3.8) is 0 Å². The zero-order valence-corrected chi connectivity index (χ0v) is 17.0. The second-order valence-electron chi connectivity index (χ2n) is 7.32. The van der Waals surface area contributed by atoms with Gasteiger partial charge in [0.1, 0.15) is 24.2 Å². The molecule has 0 radical (unpaired) electrons. The van der Waals surface area contributed by atoms with E-state index in [1.54, 1.807) is 6.92 Å². The predicted molar refractivity (Wildman–Crippen MR) is 106 cm³/mol. The Kier molecular flexibility index (Phi) is 5.90. The lowest BCUT2D eigenvalue weighted by Crippen LogP contribution is -2.32. The summed E-state index contributed by atoms with van der Waals surface area (Å²) in [6.07, 6.45) is 5.90. The van der Waals surface area contributed by atoms with Gasteiger partial charge in [0.15, 0.2) is 0 Å². The van der Waals surface area contributed by atoms with Crippen molar-refractivity contribution >= 4 is 23.5 Å². The maximum Gasteiger partial charge on any atom is 0.387 e. The number of hydrogen-bond donors (Lipinski definition) is 1. The molecule has 1 fully saturated rings. The van der Waals surface area contributed by atoms with Crippen LogP contribution in [0.1, 0.15) is 50.6 Å². The fraction of sp³-hybridized carbons (Fsp3) is 0.450. The lowest BCUT2D eigenvalue weighted by Gasteiger charge is -2.31. The Morgan fingerprint density at radius 1 is 1.30 bits per heavy atom. The van der Waals surface area contributed by atoms with Crippen molar-refractivity contribution in [3.8, 4) is 5.75 Å². The van der Waals surface area contributed by atoms with Gasteiger partial charge in [0, 0.05) is 16.3 Å². The zero-order chi connectivity index (χ0) is 21.3. The molecular weight excluding hydrogens is 418 g/mol. The van der Waals surface area contributed by atoms with Gasteiger partial charge in [0.05, 0.1) is 5.57 Å². The number of hydrogen-bond acceptors (Lipinski definition) is 6. The molecule has 2 aliphatic rings. The molecule has 160 valence electrons. The van der Waals surface area contributed by atoms with Gasteiger partial charge in [0.2, 0.25) is 5.95 Å². The van der Waals surface area contributed by atoms with Crippen molar-refractivity contribution in [2.75, 3.05) is 5.32 Å². The summed E-state index contributed by atoms with van der Waals surface area (Å²) in [5, 5.41) is 7.53. The molecule has 10 heteroatoms. The van der Waals surface area contributed by atoms with E-state index in [9.17, 15) is 13.6 Å². The number of nitrogens with one attached hydrogen (secondary N) is 1. The molecule has 4 rings (SSSR count). The van der Waals surface area contributed by atoms with Crippen LogP contribution >= 0.6 is 11.6 Å². The van der Waals surface area contributed by atoms with Crippen LogP contribution in [0, 0.1) is 0 Å². The van der Waals surface area contributed by atoms with E-state index in [-0.39, 0.29) is 23.0 Å². The van der Waals surface area contributed by atoms with Crippen molar-refractivity contribution < 1.29 is 23.0 Å². The van der Waals surface area contributed by atoms with Crippen molar-refractivity contribution in [2.45, 2.75) is 57.8 Å². The molecule has 1 aliphatic heterocycles. The number of esters is 1. The van der Waals surface area contributed by atoms with Crippen LogP contribution in [0.15, 0.2) is 35.8 Å². The first-order valence-electron chi connectivity index (χ1n) is 9.76. The van der Waals surface area contributed by atoms with Gasteiger partial charge < -0.3 is 14.8 Å². The fourth-order valence-corrected chi connectivity index (χ4v) is 4.16. The largest absolute Gasteiger partial charge is 0.459 e. The first-order chi connectivity index (χ1) is 14.4. The van der Waals surface area contributed by atoms with E-state index in [1.165, 1.54) is 29.2 Å². The van der Waals surface area contributed by atoms with Crippen LogP contribution in [0.4, 0.5) is 14.7 Å². The Hall–Kier alpha value is -2.68. The summed E-state index contributed by atoms with van der Waals surface area (Å²) in [5.41, 5.74) is 1.02. The minimum absolute atomic E-state index is 0.0986. The number of aromatic nitrogens is 3. The molecule has 1 aromatic heterocycles. The monoisotopic (exact) mass is 438 g/mol. The van der Waals surface area contributed by atoms with Gasteiger partial charge in [-0.3, -0.25) is 0 Å². The maximum absolute atomic E-state index is 13.2. The van der Waals surface area contributed by atoms with Gasteiger partial charge in [-0.1, -0.05) is 18.0 Å². The highest BCUT2D eigenvalue weighted by Gasteiger charge is 2.37. The number of nitrogens with zero attached hydrogens (tertiary/aromatic N) is 3. The number of ether oxygens (including phenoxy) is 2. The Bertz CT molecular complexity index is 973. The number of anilines is 1. The van der Waals surface area contributed by atoms with E-state index >= 15 is 0 Å². The van der Waals surface area contributed by atoms with Gasteiger partial charge in [-0.25, -0.2) is 9.48 Å². The molecule has 0 spiro atoms. The molecule has 2 aromatic rings. The quantitative estimate of drug-likeness (QED) is 0.682. The highest BCUT2D eigenvalue weighted by molar-refractivity contribution is 6.30. The first kappa shape index (κ1) is 20.6. The summed E-state index contributed by atoms with van der Waals surface area (Å²) in [6, 6.07) is 3.40. The number of halogens is 3. The number of carbonyl (C=O) groups is 1. The normalized spacial score (nSPS) is 19.4. The second-order valence-corrected chi connectivity index (χ2v) is 7.76. The molecule has 0 saturated heterocycles. The molecule has 0 unspecified atom stereocenters. The van der Waals surface area contributed by atoms with E-state index in [4.69, 9.17) is 21.1 Å². The SMILES string of the molecule is CC1=C(C(=O)OC2CCCCC2)[C@H](c2cc(Cl)ccc2OC(F)F)n2ncnc2N1. The standard InChI is InChI=1S/C20H21ClF2N4O3/c1-11-16(18(28)29-13-5-3-2-4-6-13)17(27-20(26-11)24-10-25-27)14-9-12(21)7-8-15(14)30-19(22)23/h7-10,13,17,19H,2-6H2,1H3,(H,24,25,26)/t17-/m0/s1. The number of benzene rings is 1. The molecule has 30 heavy (non-hydrogen) atoms. The van der Waals surface area contributed by atoms with Crippen molar-refractivity contribution in [2.24, 2.45) is 0 Å². The minimum Gasteiger partial charge on any atom is -0.459 e. The van der Waals surface area contributed by atoms with Gasteiger partial charge in [-0.05, 0) is 50.8 Å². The molecule has 1 N–H and O–H groups in total. The van der Waals surface area contributed by atoms with E-state index in [0.29, 0.717) is 16.7 Å². The molecule has 0 bridgehead atoms. The van der Waals surface area contributed by atoms with Crippen LogP contribution in [0.2, 0.25) is 5.02 Å². The smallest absolute Gasteiger partial charge is 0.387 e. The average molecular weight is 439 g/mol. The maximum atomic E-state index is 13.2. The van der Waals surface area contributed by atoms with Crippen LogP contribution in [0.25, 0.3) is 0 Å². The van der Waals surface area contributed by atoms with Crippen molar-refractivity contribution in [1.82, 2.24) is 14.8 Å². The van der Waals surface area contributed by atoms with Crippen LogP contribution in [-0.2, 0) is 9.53 Å². The number of alkyl halides is 2. The molecule has 2 heterocycles. The van der Waals surface area contributed by atoms with Crippen LogP contribution in [0.5, 0.6) is 5.75 Å². The summed E-state index contributed by atoms with van der Waals surface area (Å²) in [7, 11) is 0. The van der Waals surface area contributed by atoms with Gasteiger partial charge >= 0.3 is 12.6 Å². The highest BCUT2D eigenvalue weighted by Crippen LogP contribution is 2.41. The van der Waals surface area contributed by atoms with Crippen molar-refractivity contribution in [1.29, 1.82) is 0 Å². The predicted octanol–water partition coefficient (Wildman–Crippen LogP) is 4.70.